The van der Waals surface area contributed by atoms with Crippen LogP contribution in [0.4, 0.5) is 4.39 Å². The minimum Gasteiger partial charge on any atom is -0.493 e. The van der Waals surface area contributed by atoms with Crippen LogP contribution in [0.3, 0.4) is 0 Å². The predicted octanol–water partition coefficient (Wildman–Crippen LogP) is 3.53. The first-order chi connectivity index (χ1) is 9.99. The summed E-state index contributed by atoms with van der Waals surface area (Å²) in [7, 11) is 3.51. The molecule has 0 amide bonds. The summed E-state index contributed by atoms with van der Waals surface area (Å²) in [4.78, 5) is 0. The Morgan fingerprint density at radius 2 is 2.10 bits per heavy atom. The maximum atomic E-state index is 13.3. The van der Waals surface area contributed by atoms with E-state index in [4.69, 9.17) is 4.74 Å². The van der Waals surface area contributed by atoms with E-state index in [0.717, 1.165) is 20.6 Å². The summed E-state index contributed by atoms with van der Waals surface area (Å²) in [6.07, 6.45) is 1.72. The summed E-state index contributed by atoms with van der Waals surface area (Å²) in [5, 5.41) is 7.69. The number of hydrogen-bond acceptors (Lipinski definition) is 3. The minimum atomic E-state index is -0.234. The van der Waals surface area contributed by atoms with E-state index in [-0.39, 0.29) is 17.9 Å². The Labute approximate surface area is 137 Å². The predicted molar refractivity (Wildman–Crippen MR) is 89.2 cm³/mol. The number of ether oxygens (including phenoxy) is 1. The zero-order valence-electron chi connectivity index (χ0n) is 12.5. The van der Waals surface area contributed by atoms with Gasteiger partial charge in [-0.05, 0) is 61.2 Å². The standard InChI is InChI=1S/C15H19FIN3O/c1-9(2)20-15(13(21-4)8-19-20)14(18-3)11-6-5-10(16)7-12(11)17/h5-9,14,18H,1-4H3. The molecule has 0 aliphatic carbocycles. The van der Waals surface area contributed by atoms with Gasteiger partial charge in [0.25, 0.3) is 0 Å². The van der Waals surface area contributed by atoms with Gasteiger partial charge in [0.1, 0.15) is 11.5 Å². The number of nitrogens with zero attached hydrogens (tertiary/aromatic N) is 2. The highest BCUT2D eigenvalue weighted by atomic mass is 127. The number of aromatic nitrogens is 2. The summed E-state index contributed by atoms with van der Waals surface area (Å²) in [6, 6.07) is 4.90. The highest BCUT2D eigenvalue weighted by Gasteiger charge is 2.25. The smallest absolute Gasteiger partial charge is 0.161 e. The molecule has 0 fully saturated rings. The molecule has 0 spiro atoms. The first-order valence-electron chi connectivity index (χ1n) is 6.73. The molecule has 2 rings (SSSR count). The number of hydrogen-bond donors (Lipinski definition) is 1. The second kappa shape index (κ2) is 6.74. The van der Waals surface area contributed by atoms with E-state index < -0.39 is 0 Å². The Morgan fingerprint density at radius 3 is 2.62 bits per heavy atom. The monoisotopic (exact) mass is 403 g/mol. The fourth-order valence-corrected chi connectivity index (χ4v) is 3.16. The largest absolute Gasteiger partial charge is 0.493 e. The van der Waals surface area contributed by atoms with Gasteiger partial charge < -0.3 is 10.1 Å². The molecule has 1 N–H and O–H groups in total. The van der Waals surface area contributed by atoms with Gasteiger partial charge in [0.05, 0.1) is 19.3 Å². The lowest BCUT2D eigenvalue weighted by Gasteiger charge is -2.22. The topological polar surface area (TPSA) is 39.1 Å². The molecular weight excluding hydrogens is 384 g/mol. The van der Waals surface area contributed by atoms with Crippen molar-refractivity contribution >= 4 is 22.6 Å². The van der Waals surface area contributed by atoms with Crippen LogP contribution < -0.4 is 10.1 Å². The normalized spacial score (nSPS) is 12.7. The van der Waals surface area contributed by atoms with E-state index in [1.807, 2.05) is 11.7 Å². The number of rotatable bonds is 5. The lowest BCUT2D eigenvalue weighted by Crippen LogP contribution is -2.24. The van der Waals surface area contributed by atoms with E-state index in [1.54, 1.807) is 19.4 Å². The van der Waals surface area contributed by atoms with Crippen LogP contribution in [0.1, 0.15) is 37.2 Å². The van der Waals surface area contributed by atoms with E-state index in [2.05, 4.69) is 46.9 Å². The first kappa shape index (κ1) is 16.2. The van der Waals surface area contributed by atoms with Gasteiger partial charge in [-0.2, -0.15) is 5.10 Å². The average Bonchev–Trinajstić information content (AvgIpc) is 2.86. The number of benzene rings is 1. The van der Waals surface area contributed by atoms with Gasteiger partial charge in [-0.1, -0.05) is 6.07 Å². The molecule has 4 nitrogen and oxygen atoms in total. The molecule has 21 heavy (non-hydrogen) atoms. The van der Waals surface area contributed by atoms with Crippen molar-refractivity contribution in [1.29, 1.82) is 0 Å². The zero-order chi connectivity index (χ0) is 15.6. The van der Waals surface area contributed by atoms with Crippen molar-refractivity contribution < 1.29 is 9.13 Å². The molecule has 2 aromatic rings. The van der Waals surface area contributed by atoms with Gasteiger partial charge in [0.15, 0.2) is 5.75 Å². The third-order valence-electron chi connectivity index (χ3n) is 3.34. The van der Waals surface area contributed by atoms with Crippen LogP contribution >= 0.6 is 22.6 Å². The lowest BCUT2D eigenvalue weighted by atomic mass is 10.0. The molecule has 6 heteroatoms. The molecule has 1 heterocycles. The minimum absolute atomic E-state index is 0.114. The highest BCUT2D eigenvalue weighted by Crippen LogP contribution is 2.33. The van der Waals surface area contributed by atoms with Crippen molar-refractivity contribution in [2.45, 2.75) is 25.9 Å². The fourth-order valence-electron chi connectivity index (χ4n) is 2.37. The molecule has 1 unspecified atom stereocenters. The maximum absolute atomic E-state index is 13.3. The second-order valence-electron chi connectivity index (χ2n) is 5.02. The molecule has 0 radical (unpaired) electrons. The molecule has 0 saturated carbocycles. The third-order valence-corrected chi connectivity index (χ3v) is 4.28. The van der Waals surface area contributed by atoms with Crippen molar-refractivity contribution in [3.05, 3.63) is 45.0 Å². The Morgan fingerprint density at radius 1 is 1.38 bits per heavy atom. The summed E-state index contributed by atoms with van der Waals surface area (Å²) in [6.45, 7) is 4.14. The van der Waals surface area contributed by atoms with Gasteiger partial charge in [0.2, 0.25) is 0 Å². The Kier molecular flexibility index (Phi) is 5.21. The second-order valence-corrected chi connectivity index (χ2v) is 6.19. The van der Waals surface area contributed by atoms with Gasteiger partial charge >= 0.3 is 0 Å². The van der Waals surface area contributed by atoms with Gasteiger partial charge in [-0.15, -0.1) is 0 Å². The summed E-state index contributed by atoms with van der Waals surface area (Å²) >= 11 is 2.15. The fraction of sp³-hybridized carbons (Fsp3) is 0.400. The Hall–Kier alpha value is -1.15. The van der Waals surface area contributed by atoms with Crippen LogP contribution in [0.2, 0.25) is 0 Å². The third kappa shape index (κ3) is 3.21. The van der Waals surface area contributed by atoms with Gasteiger partial charge in [0, 0.05) is 9.61 Å². The number of nitrogens with one attached hydrogen (secondary N) is 1. The van der Waals surface area contributed by atoms with Crippen molar-refractivity contribution in [3.8, 4) is 5.75 Å². The maximum Gasteiger partial charge on any atom is 0.161 e. The Bertz CT molecular complexity index is 627. The summed E-state index contributed by atoms with van der Waals surface area (Å²) < 4.78 is 21.6. The SMILES string of the molecule is CNC(c1ccc(F)cc1I)c1c(OC)cnn1C(C)C. The Balaban J connectivity index is 2.58. The summed E-state index contributed by atoms with van der Waals surface area (Å²) in [5.74, 6) is 0.491. The molecule has 114 valence electrons. The molecule has 0 aliphatic heterocycles. The lowest BCUT2D eigenvalue weighted by molar-refractivity contribution is 0.396. The molecule has 1 aromatic heterocycles. The van der Waals surface area contributed by atoms with E-state index in [9.17, 15) is 4.39 Å². The molecule has 1 aromatic carbocycles. The van der Waals surface area contributed by atoms with E-state index in [0.29, 0.717) is 0 Å². The highest BCUT2D eigenvalue weighted by molar-refractivity contribution is 14.1. The van der Waals surface area contributed by atoms with Crippen LogP contribution in [0.25, 0.3) is 0 Å². The zero-order valence-corrected chi connectivity index (χ0v) is 14.7. The van der Waals surface area contributed by atoms with Crippen molar-refractivity contribution in [1.82, 2.24) is 15.1 Å². The molecule has 0 aliphatic rings. The van der Waals surface area contributed by atoms with Crippen LogP contribution in [-0.2, 0) is 0 Å². The average molecular weight is 403 g/mol. The quantitative estimate of drug-likeness (QED) is 0.777. The molecular formula is C15H19FIN3O. The number of halogens is 2. The molecule has 1 atom stereocenters. The van der Waals surface area contributed by atoms with Crippen LogP contribution in [0.15, 0.2) is 24.4 Å². The van der Waals surface area contributed by atoms with Gasteiger partial charge in [-0.25, -0.2) is 4.39 Å². The van der Waals surface area contributed by atoms with Crippen LogP contribution in [-0.4, -0.2) is 23.9 Å². The van der Waals surface area contributed by atoms with Crippen molar-refractivity contribution in [3.63, 3.8) is 0 Å². The van der Waals surface area contributed by atoms with Crippen molar-refractivity contribution in [2.75, 3.05) is 14.2 Å². The van der Waals surface area contributed by atoms with E-state index in [1.165, 1.54) is 12.1 Å². The van der Waals surface area contributed by atoms with Crippen LogP contribution in [0, 0.1) is 9.39 Å². The first-order valence-corrected chi connectivity index (χ1v) is 7.81. The van der Waals surface area contributed by atoms with Crippen molar-refractivity contribution in [2.24, 2.45) is 0 Å². The van der Waals surface area contributed by atoms with E-state index >= 15 is 0 Å². The molecule has 0 saturated heterocycles. The van der Waals surface area contributed by atoms with Crippen LogP contribution in [0.5, 0.6) is 5.75 Å². The van der Waals surface area contributed by atoms with Gasteiger partial charge in [-0.3, -0.25) is 4.68 Å². The molecule has 0 bridgehead atoms. The summed E-state index contributed by atoms with van der Waals surface area (Å²) in [5.41, 5.74) is 1.94. The number of methoxy groups -OCH3 is 1.